The van der Waals surface area contributed by atoms with Crippen molar-refractivity contribution in [3.63, 3.8) is 0 Å². The first-order valence-corrected chi connectivity index (χ1v) is 4.57. The van der Waals surface area contributed by atoms with Crippen LogP contribution in [0.4, 0.5) is 17.6 Å². The summed E-state index contributed by atoms with van der Waals surface area (Å²) < 4.78 is 49.6. The highest BCUT2D eigenvalue weighted by Gasteiger charge is 2.31. The Labute approximate surface area is 89.2 Å². The first-order valence-electron chi connectivity index (χ1n) is 4.04. The van der Waals surface area contributed by atoms with Crippen LogP contribution in [0.15, 0.2) is 24.3 Å². The van der Waals surface area contributed by atoms with Gasteiger partial charge in [-0.2, -0.15) is 13.2 Å². The van der Waals surface area contributed by atoms with Gasteiger partial charge in [-0.05, 0) is 23.8 Å². The average molecular weight is 239 g/mol. The standard InChI is InChI=1S/C10H7ClF4/c11-3-1-2-7-4-8(10(13,14)15)6-9(12)5-7/h1-2,4-6H,3H2/b2-1+. The molecule has 0 aliphatic rings. The van der Waals surface area contributed by atoms with E-state index in [9.17, 15) is 17.6 Å². The van der Waals surface area contributed by atoms with Gasteiger partial charge >= 0.3 is 6.18 Å². The van der Waals surface area contributed by atoms with Crippen LogP contribution in [0, 0.1) is 5.82 Å². The monoisotopic (exact) mass is 238 g/mol. The van der Waals surface area contributed by atoms with Crippen LogP contribution in [0.1, 0.15) is 11.1 Å². The number of allylic oxidation sites excluding steroid dienone is 1. The number of rotatable bonds is 2. The normalized spacial score (nSPS) is 12.3. The van der Waals surface area contributed by atoms with Crippen molar-refractivity contribution in [3.8, 4) is 0 Å². The van der Waals surface area contributed by atoms with Crippen molar-refractivity contribution in [2.45, 2.75) is 6.18 Å². The summed E-state index contributed by atoms with van der Waals surface area (Å²) in [7, 11) is 0. The molecule has 1 aromatic carbocycles. The van der Waals surface area contributed by atoms with Gasteiger partial charge in [-0.3, -0.25) is 0 Å². The lowest BCUT2D eigenvalue weighted by Gasteiger charge is -2.07. The van der Waals surface area contributed by atoms with E-state index in [4.69, 9.17) is 11.6 Å². The highest BCUT2D eigenvalue weighted by Crippen LogP contribution is 2.30. The topological polar surface area (TPSA) is 0 Å². The molecule has 0 unspecified atom stereocenters. The molecule has 0 saturated carbocycles. The minimum Gasteiger partial charge on any atom is -0.207 e. The van der Waals surface area contributed by atoms with Crippen molar-refractivity contribution in [2.75, 3.05) is 5.88 Å². The zero-order chi connectivity index (χ0) is 11.5. The molecule has 1 aromatic rings. The summed E-state index contributed by atoms with van der Waals surface area (Å²) >= 11 is 5.32. The average Bonchev–Trinajstić information content (AvgIpc) is 2.12. The Morgan fingerprint density at radius 3 is 2.40 bits per heavy atom. The Morgan fingerprint density at radius 1 is 1.20 bits per heavy atom. The van der Waals surface area contributed by atoms with Gasteiger partial charge in [-0.15, -0.1) is 11.6 Å². The second-order valence-electron chi connectivity index (χ2n) is 2.83. The Hall–Kier alpha value is -1.03. The van der Waals surface area contributed by atoms with Gasteiger partial charge in [0.15, 0.2) is 0 Å². The van der Waals surface area contributed by atoms with E-state index in [0.29, 0.717) is 6.07 Å². The van der Waals surface area contributed by atoms with E-state index in [1.807, 2.05) is 0 Å². The lowest BCUT2D eigenvalue weighted by atomic mass is 10.1. The number of hydrogen-bond donors (Lipinski definition) is 0. The molecule has 0 fully saturated rings. The molecule has 0 radical (unpaired) electrons. The van der Waals surface area contributed by atoms with Crippen molar-refractivity contribution in [1.29, 1.82) is 0 Å². The number of alkyl halides is 4. The summed E-state index contributed by atoms with van der Waals surface area (Å²) in [6.45, 7) is 0. The van der Waals surface area contributed by atoms with Gasteiger partial charge < -0.3 is 0 Å². The van der Waals surface area contributed by atoms with Gasteiger partial charge in [-0.25, -0.2) is 4.39 Å². The molecule has 1 rings (SSSR count). The van der Waals surface area contributed by atoms with Crippen molar-refractivity contribution >= 4 is 17.7 Å². The Bertz CT molecular complexity index is 368. The maximum atomic E-state index is 12.8. The molecule has 0 nitrogen and oxygen atoms in total. The molecule has 0 amide bonds. The summed E-state index contributed by atoms with van der Waals surface area (Å²) in [6, 6.07) is 2.34. The second-order valence-corrected chi connectivity index (χ2v) is 3.14. The molecule has 0 saturated heterocycles. The third-order valence-corrected chi connectivity index (χ3v) is 1.83. The highest BCUT2D eigenvalue weighted by atomic mass is 35.5. The van der Waals surface area contributed by atoms with E-state index in [1.165, 1.54) is 12.2 Å². The van der Waals surface area contributed by atoms with E-state index in [0.717, 1.165) is 12.1 Å². The van der Waals surface area contributed by atoms with E-state index in [-0.39, 0.29) is 11.4 Å². The molecule has 0 aliphatic carbocycles. The van der Waals surface area contributed by atoms with E-state index in [2.05, 4.69) is 0 Å². The van der Waals surface area contributed by atoms with Gasteiger partial charge in [0.05, 0.1) is 5.56 Å². The van der Waals surface area contributed by atoms with Crippen LogP contribution in [0.2, 0.25) is 0 Å². The minimum atomic E-state index is -4.54. The smallest absolute Gasteiger partial charge is 0.207 e. The lowest BCUT2D eigenvalue weighted by molar-refractivity contribution is -0.137. The third-order valence-electron chi connectivity index (χ3n) is 1.65. The maximum absolute atomic E-state index is 12.8. The minimum absolute atomic E-state index is 0.142. The van der Waals surface area contributed by atoms with Crippen molar-refractivity contribution < 1.29 is 17.6 Å². The molecule has 5 heteroatoms. The maximum Gasteiger partial charge on any atom is 0.416 e. The van der Waals surface area contributed by atoms with Gasteiger partial charge in [-0.1, -0.05) is 12.2 Å². The van der Waals surface area contributed by atoms with Crippen LogP contribution in [-0.4, -0.2) is 5.88 Å². The van der Waals surface area contributed by atoms with E-state index in [1.54, 1.807) is 0 Å². The fourth-order valence-corrected chi connectivity index (χ4v) is 1.14. The molecule has 15 heavy (non-hydrogen) atoms. The highest BCUT2D eigenvalue weighted by molar-refractivity contribution is 6.19. The number of benzene rings is 1. The molecule has 0 N–H and O–H groups in total. The Morgan fingerprint density at radius 2 is 1.87 bits per heavy atom. The predicted octanol–water partition coefficient (Wildman–Crippen LogP) is 4.10. The van der Waals surface area contributed by atoms with E-state index < -0.39 is 17.6 Å². The van der Waals surface area contributed by atoms with Gasteiger partial charge in [0.1, 0.15) is 5.82 Å². The number of halogens is 5. The van der Waals surface area contributed by atoms with Crippen molar-refractivity contribution in [1.82, 2.24) is 0 Å². The van der Waals surface area contributed by atoms with Crippen molar-refractivity contribution in [3.05, 3.63) is 41.2 Å². The first kappa shape index (κ1) is 12.0. The molecule has 82 valence electrons. The quantitative estimate of drug-likeness (QED) is 0.538. The number of hydrogen-bond acceptors (Lipinski definition) is 0. The summed E-state index contributed by atoms with van der Waals surface area (Å²) in [4.78, 5) is 0. The molecule has 0 heterocycles. The summed E-state index contributed by atoms with van der Waals surface area (Å²) in [5, 5.41) is 0. The third kappa shape index (κ3) is 3.55. The van der Waals surface area contributed by atoms with Crippen molar-refractivity contribution in [2.24, 2.45) is 0 Å². The molecule has 0 atom stereocenters. The molecule has 0 spiro atoms. The van der Waals surface area contributed by atoms with Crippen LogP contribution in [0.5, 0.6) is 0 Å². The van der Waals surface area contributed by atoms with Gasteiger partial charge in [0.2, 0.25) is 0 Å². The van der Waals surface area contributed by atoms with Crippen LogP contribution in [0.25, 0.3) is 6.08 Å². The molecule has 0 bridgehead atoms. The zero-order valence-electron chi connectivity index (χ0n) is 7.48. The fourth-order valence-electron chi connectivity index (χ4n) is 1.05. The first-order chi connectivity index (χ1) is 6.93. The lowest BCUT2D eigenvalue weighted by Crippen LogP contribution is -2.05. The summed E-state index contributed by atoms with van der Waals surface area (Å²) in [5.41, 5.74) is -0.861. The summed E-state index contributed by atoms with van der Waals surface area (Å²) in [6.07, 6.45) is -1.76. The molecular weight excluding hydrogens is 232 g/mol. The SMILES string of the molecule is Fc1cc(/C=C/CCl)cc(C(F)(F)F)c1. The van der Waals surface area contributed by atoms with Gasteiger partial charge in [0.25, 0.3) is 0 Å². The van der Waals surface area contributed by atoms with Crippen LogP contribution >= 0.6 is 11.6 Å². The Kier molecular flexibility index (Phi) is 3.74. The van der Waals surface area contributed by atoms with Crippen LogP contribution < -0.4 is 0 Å². The van der Waals surface area contributed by atoms with E-state index >= 15 is 0 Å². The predicted molar refractivity (Wildman–Crippen MR) is 51.2 cm³/mol. The van der Waals surface area contributed by atoms with Gasteiger partial charge in [0, 0.05) is 5.88 Å². The van der Waals surface area contributed by atoms with Crippen LogP contribution in [0.3, 0.4) is 0 Å². The summed E-state index contributed by atoms with van der Waals surface area (Å²) in [5.74, 6) is -0.753. The zero-order valence-corrected chi connectivity index (χ0v) is 8.24. The fraction of sp³-hybridized carbons (Fsp3) is 0.200. The molecule has 0 aromatic heterocycles. The Balaban J connectivity index is 3.11. The van der Waals surface area contributed by atoms with Crippen LogP contribution in [-0.2, 0) is 6.18 Å². The largest absolute Gasteiger partial charge is 0.416 e. The second kappa shape index (κ2) is 4.66. The molecule has 0 aliphatic heterocycles. The molecular formula is C10H7ClF4.